The molecule has 0 aliphatic carbocycles. The molecule has 2 rings (SSSR count). The Bertz CT molecular complexity index is 620. The zero-order valence-corrected chi connectivity index (χ0v) is 14.4. The molecule has 0 saturated carbocycles. The highest BCUT2D eigenvalue weighted by atomic mass is 32.2. The summed E-state index contributed by atoms with van der Waals surface area (Å²) >= 11 is 0. The molecule has 1 aliphatic rings. The van der Waals surface area contributed by atoms with Crippen LogP contribution in [0.4, 0.5) is 11.6 Å². The van der Waals surface area contributed by atoms with Crippen molar-refractivity contribution in [1.29, 1.82) is 0 Å². The number of nitrogens with zero attached hydrogens (tertiary/aromatic N) is 3. The van der Waals surface area contributed by atoms with Gasteiger partial charge in [-0.25, -0.2) is 13.1 Å². The van der Waals surface area contributed by atoms with Crippen LogP contribution < -0.4 is 10.6 Å². The summed E-state index contributed by atoms with van der Waals surface area (Å²) in [6.07, 6.45) is 3.29. The molecule has 1 saturated heterocycles. The van der Waals surface area contributed by atoms with Gasteiger partial charge in [0.05, 0.1) is 5.54 Å². The van der Waals surface area contributed by atoms with Crippen LogP contribution in [0.5, 0.6) is 0 Å². The Morgan fingerprint density at radius 3 is 2.19 bits per heavy atom. The number of hydrogen-bond donors (Lipinski definition) is 1. The van der Waals surface area contributed by atoms with Crippen molar-refractivity contribution in [2.45, 2.75) is 51.0 Å². The number of piperidine rings is 1. The summed E-state index contributed by atoms with van der Waals surface area (Å²) in [6, 6.07) is 0. The standard InChI is InChI=1S/C14H26N4O2S/c1-10-6-8-17(9-7-10)13-11(21(5,19)20)12(15)18(16-13)14(2,3)4/h10H,6-9,15H2,1-5H3. The van der Waals surface area contributed by atoms with Crippen LogP contribution in [0.2, 0.25) is 0 Å². The maximum atomic E-state index is 12.2. The second-order valence-corrected chi connectivity index (χ2v) is 9.01. The molecule has 2 heterocycles. The lowest BCUT2D eigenvalue weighted by Gasteiger charge is -2.30. The normalized spacial score (nSPS) is 18.2. The fourth-order valence-electron chi connectivity index (χ4n) is 2.70. The first kappa shape index (κ1) is 16.1. The van der Waals surface area contributed by atoms with Gasteiger partial charge in [-0.3, -0.25) is 0 Å². The van der Waals surface area contributed by atoms with Crippen LogP contribution in [0.15, 0.2) is 4.90 Å². The first-order valence-corrected chi connectivity index (χ1v) is 9.25. The number of rotatable bonds is 2. The maximum absolute atomic E-state index is 12.2. The number of nitrogen functional groups attached to an aromatic ring is 1. The lowest BCUT2D eigenvalue weighted by Crippen LogP contribution is -2.34. The van der Waals surface area contributed by atoms with Crippen molar-refractivity contribution >= 4 is 21.5 Å². The van der Waals surface area contributed by atoms with Crippen molar-refractivity contribution < 1.29 is 8.42 Å². The minimum Gasteiger partial charge on any atom is -0.383 e. The van der Waals surface area contributed by atoms with Gasteiger partial charge in [-0.1, -0.05) is 6.92 Å². The van der Waals surface area contributed by atoms with Crippen LogP contribution in [0, 0.1) is 5.92 Å². The Kier molecular flexibility index (Phi) is 3.99. The fourth-order valence-corrected chi connectivity index (χ4v) is 3.67. The molecule has 0 spiro atoms. The molecular formula is C14H26N4O2S. The second kappa shape index (κ2) is 5.19. The highest BCUT2D eigenvalue weighted by Crippen LogP contribution is 2.35. The van der Waals surface area contributed by atoms with Crippen molar-refractivity contribution in [3.63, 3.8) is 0 Å². The van der Waals surface area contributed by atoms with Gasteiger partial charge in [0.2, 0.25) is 0 Å². The summed E-state index contributed by atoms with van der Waals surface area (Å²) in [5, 5.41) is 4.53. The van der Waals surface area contributed by atoms with Gasteiger partial charge in [-0.15, -0.1) is 0 Å². The highest BCUT2D eigenvalue weighted by Gasteiger charge is 2.32. The monoisotopic (exact) mass is 314 g/mol. The summed E-state index contributed by atoms with van der Waals surface area (Å²) in [7, 11) is -3.42. The molecule has 0 radical (unpaired) electrons. The van der Waals surface area contributed by atoms with Crippen molar-refractivity contribution in [2.24, 2.45) is 5.92 Å². The Morgan fingerprint density at radius 2 is 1.76 bits per heavy atom. The molecule has 1 aromatic heterocycles. The van der Waals surface area contributed by atoms with Crippen LogP contribution in [0.3, 0.4) is 0 Å². The molecule has 0 amide bonds. The Hall–Kier alpha value is -1.24. The molecule has 0 atom stereocenters. The van der Waals surface area contributed by atoms with Crippen molar-refractivity contribution in [3.05, 3.63) is 0 Å². The molecule has 120 valence electrons. The van der Waals surface area contributed by atoms with Crippen LogP contribution in [0.1, 0.15) is 40.5 Å². The van der Waals surface area contributed by atoms with Crippen LogP contribution in [-0.4, -0.2) is 37.5 Å². The maximum Gasteiger partial charge on any atom is 0.182 e. The summed E-state index contributed by atoms with van der Waals surface area (Å²) in [5.74, 6) is 1.42. The summed E-state index contributed by atoms with van der Waals surface area (Å²) in [5.41, 5.74) is 5.75. The molecule has 2 N–H and O–H groups in total. The average molecular weight is 314 g/mol. The number of aromatic nitrogens is 2. The van der Waals surface area contributed by atoms with Gasteiger partial charge >= 0.3 is 0 Å². The number of hydrogen-bond acceptors (Lipinski definition) is 5. The summed E-state index contributed by atoms with van der Waals surface area (Å²) < 4.78 is 25.9. The predicted octanol–water partition coefficient (Wildman–Crippen LogP) is 1.86. The SMILES string of the molecule is CC1CCN(c2nn(C(C)(C)C)c(N)c2S(C)(=O)=O)CC1. The van der Waals surface area contributed by atoms with Gasteiger partial charge in [0.1, 0.15) is 5.82 Å². The van der Waals surface area contributed by atoms with E-state index in [4.69, 9.17) is 5.73 Å². The van der Waals surface area contributed by atoms with E-state index < -0.39 is 9.84 Å². The molecule has 21 heavy (non-hydrogen) atoms. The Labute approximate surface area is 127 Å². The molecule has 1 aliphatic heterocycles. The summed E-state index contributed by atoms with van der Waals surface area (Å²) in [6.45, 7) is 9.75. The molecular weight excluding hydrogens is 288 g/mol. The first-order chi connectivity index (χ1) is 9.51. The van der Waals surface area contributed by atoms with E-state index in [2.05, 4.69) is 16.9 Å². The van der Waals surface area contributed by atoms with E-state index in [0.717, 1.165) is 25.9 Å². The van der Waals surface area contributed by atoms with E-state index >= 15 is 0 Å². The second-order valence-electron chi connectivity index (χ2n) is 7.06. The predicted molar refractivity (Wildman–Crippen MR) is 85.4 cm³/mol. The fraction of sp³-hybridized carbons (Fsp3) is 0.786. The minimum atomic E-state index is -3.42. The van der Waals surface area contributed by atoms with Crippen molar-refractivity contribution in [1.82, 2.24) is 9.78 Å². The number of sulfone groups is 1. The average Bonchev–Trinajstić information content (AvgIpc) is 2.67. The van der Waals surface area contributed by atoms with E-state index in [1.165, 1.54) is 6.26 Å². The largest absolute Gasteiger partial charge is 0.383 e. The van der Waals surface area contributed by atoms with Gasteiger partial charge in [0.25, 0.3) is 0 Å². The van der Waals surface area contributed by atoms with Crippen LogP contribution >= 0.6 is 0 Å². The Balaban J connectivity index is 2.54. The summed E-state index contributed by atoms with van der Waals surface area (Å²) in [4.78, 5) is 2.22. The molecule has 6 nitrogen and oxygen atoms in total. The molecule has 0 aromatic carbocycles. The molecule has 1 aromatic rings. The topological polar surface area (TPSA) is 81.2 Å². The lowest BCUT2D eigenvalue weighted by molar-refractivity contribution is 0.359. The van der Waals surface area contributed by atoms with E-state index in [-0.39, 0.29) is 16.3 Å². The molecule has 0 unspecified atom stereocenters. The van der Waals surface area contributed by atoms with E-state index in [1.807, 2.05) is 20.8 Å². The Morgan fingerprint density at radius 1 is 1.24 bits per heavy atom. The third kappa shape index (κ3) is 3.17. The number of anilines is 2. The van der Waals surface area contributed by atoms with Crippen LogP contribution in [-0.2, 0) is 15.4 Å². The van der Waals surface area contributed by atoms with Crippen LogP contribution in [0.25, 0.3) is 0 Å². The van der Waals surface area contributed by atoms with E-state index in [1.54, 1.807) is 4.68 Å². The first-order valence-electron chi connectivity index (χ1n) is 7.36. The number of nitrogens with two attached hydrogens (primary N) is 1. The van der Waals surface area contributed by atoms with Crippen molar-refractivity contribution in [3.8, 4) is 0 Å². The third-order valence-corrected chi connectivity index (χ3v) is 5.08. The van der Waals surface area contributed by atoms with Gasteiger partial charge in [0.15, 0.2) is 20.6 Å². The molecule has 7 heteroatoms. The zero-order chi connectivity index (χ0) is 16.0. The van der Waals surface area contributed by atoms with E-state index in [0.29, 0.717) is 11.7 Å². The highest BCUT2D eigenvalue weighted by molar-refractivity contribution is 7.91. The molecule has 1 fully saturated rings. The quantitative estimate of drug-likeness (QED) is 0.901. The van der Waals surface area contributed by atoms with Gasteiger partial charge in [-0.05, 0) is 39.5 Å². The lowest BCUT2D eigenvalue weighted by atomic mass is 9.99. The van der Waals surface area contributed by atoms with Gasteiger partial charge in [0, 0.05) is 19.3 Å². The van der Waals surface area contributed by atoms with Crippen molar-refractivity contribution in [2.75, 3.05) is 30.0 Å². The smallest absolute Gasteiger partial charge is 0.182 e. The van der Waals surface area contributed by atoms with Gasteiger partial charge < -0.3 is 10.6 Å². The van der Waals surface area contributed by atoms with E-state index in [9.17, 15) is 8.42 Å². The zero-order valence-electron chi connectivity index (χ0n) is 13.5. The third-order valence-electron chi connectivity index (χ3n) is 3.95. The van der Waals surface area contributed by atoms with Gasteiger partial charge in [-0.2, -0.15) is 5.10 Å². The minimum absolute atomic E-state index is 0.173. The molecule has 0 bridgehead atoms.